The zero-order valence-electron chi connectivity index (χ0n) is 21.2. The molecule has 33 heavy (non-hydrogen) atoms. The summed E-state index contributed by atoms with van der Waals surface area (Å²) in [6, 6.07) is 6.00. The van der Waals surface area contributed by atoms with Crippen molar-refractivity contribution < 1.29 is 19.8 Å². The zero-order chi connectivity index (χ0) is 25.0. The molecular formula is C27H41NO4S. The Morgan fingerprint density at radius 1 is 1.18 bits per heavy atom. The largest absolute Gasteiger partial charge is 0.480 e. The fourth-order valence-electron chi connectivity index (χ4n) is 4.77. The molecule has 0 bridgehead atoms. The van der Waals surface area contributed by atoms with Crippen LogP contribution in [0.1, 0.15) is 95.1 Å². The van der Waals surface area contributed by atoms with Crippen LogP contribution in [0.25, 0.3) is 0 Å². The van der Waals surface area contributed by atoms with Crippen molar-refractivity contribution in [3.63, 3.8) is 0 Å². The molecule has 0 spiro atoms. The first kappa shape index (κ1) is 27.5. The van der Waals surface area contributed by atoms with Crippen LogP contribution in [0.15, 0.2) is 28.7 Å². The summed E-state index contributed by atoms with van der Waals surface area (Å²) in [5, 5.41) is 22.2. The van der Waals surface area contributed by atoms with Crippen LogP contribution < -0.4 is 5.32 Å². The van der Waals surface area contributed by atoms with Crippen molar-refractivity contribution >= 4 is 23.6 Å². The Morgan fingerprint density at radius 2 is 1.82 bits per heavy atom. The maximum atomic E-state index is 12.4. The lowest BCUT2D eigenvalue weighted by molar-refractivity contribution is -0.135. The van der Waals surface area contributed by atoms with E-state index >= 15 is 0 Å². The number of aryl methyl sites for hydroxylation is 1. The molecule has 1 heterocycles. The molecule has 0 fully saturated rings. The second-order valence-corrected chi connectivity index (χ2v) is 11.7. The highest BCUT2D eigenvalue weighted by molar-refractivity contribution is 8.04. The zero-order valence-corrected chi connectivity index (χ0v) is 22.1. The van der Waals surface area contributed by atoms with Crippen molar-refractivity contribution in [2.75, 3.05) is 6.54 Å². The van der Waals surface area contributed by atoms with Crippen LogP contribution in [0, 0.1) is 12.3 Å². The third-order valence-electron chi connectivity index (χ3n) is 7.22. The average molecular weight is 476 g/mol. The van der Waals surface area contributed by atoms with E-state index in [4.69, 9.17) is 5.11 Å². The molecule has 0 saturated heterocycles. The minimum absolute atomic E-state index is 0.0167. The van der Waals surface area contributed by atoms with Gasteiger partial charge in [-0.25, -0.2) is 0 Å². The number of carbonyl (C=O) groups is 2. The van der Waals surface area contributed by atoms with E-state index in [2.05, 4.69) is 52.9 Å². The Balaban J connectivity index is 2.22. The van der Waals surface area contributed by atoms with Gasteiger partial charge in [0.2, 0.25) is 0 Å². The summed E-state index contributed by atoms with van der Waals surface area (Å²) in [6.45, 7) is 14.5. The van der Waals surface area contributed by atoms with Crippen LogP contribution >= 0.6 is 11.8 Å². The number of benzene rings is 1. The number of nitrogens with one attached hydrogen (secondary N) is 1. The molecule has 1 aliphatic heterocycles. The third-order valence-corrected chi connectivity index (χ3v) is 8.96. The minimum Gasteiger partial charge on any atom is -0.480 e. The van der Waals surface area contributed by atoms with Crippen molar-refractivity contribution in [3.05, 3.63) is 45.4 Å². The minimum atomic E-state index is -1.06. The van der Waals surface area contributed by atoms with Crippen LogP contribution in [0.5, 0.6) is 0 Å². The Morgan fingerprint density at radius 3 is 2.33 bits per heavy atom. The van der Waals surface area contributed by atoms with Gasteiger partial charge in [0, 0.05) is 16.2 Å². The van der Waals surface area contributed by atoms with Crippen molar-refractivity contribution in [2.45, 2.75) is 97.3 Å². The molecule has 0 radical (unpaired) electrons. The quantitative estimate of drug-likeness (QED) is 0.396. The van der Waals surface area contributed by atoms with E-state index in [1.54, 1.807) is 0 Å². The number of amides is 1. The number of hydrogen-bond donors (Lipinski definition) is 3. The number of carboxylic acids is 1. The van der Waals surface area contributed by atoms with Gasteiger partial charge < -0.3 is 15.5 Å². The number of thioether (sulfide) groups is 1. The van der Waals surface area contributed by atoms with E-state index in [-0.39, 0.29) is 29.4 Å². The van der Waals surface area contributed by atoms with Gasteiger partial charge in [-0.1, -0.05) is 52.3 Å². The van der Waals surface area contributed by atoms with Gasteiger partial charge in [0.05, 0.1) is 6.10 Å². The van der Waals surface area contributed by atoms with Crippen molar-refractivity contribution in [1.29, 1.82) is 0 Å². The van der Waals surface area contributed by atoms with Crippen molar-refractivity contribution in [3.8, 4) is 0 Å². The Kier molecular flexibility index (Phi) is 9.23. The highest BCUT2D eigenvalue weighted by atomic mass is 32.2. The normalized spacial score (nSPS) is 17.9. The predicted molar refractivity (Wildman–Crippen MR) is 137 cm³/mol. The third kappa shape index (κ3) is 6.42. The van der Waals surface area contributed by atoms with E-state index in [1.807, 2.05) is 30.8 Å². The average Bonchev–Trinajstić information content (AvgIpc) is 3.11. The molecule has 2 unspecified atom stereocenters. The second kappa shape index (κ2) is 11.1. The van der Waals surface area contributed by atoms with Crippen molar-refractivity contribution in [1.82, 2.24) is 5.32 Å². The number of carbonyl (C=O) groups excluding carboxylic acids is 1. The summed E-state index contributed by atoms with van der Waals surface area (Å²) in [6.07, 6.45) is 4.40. The van der Waals surface area contributed by atoms with Crippen LogP contribution in [0.4, 0.5) is 0 Å². The Labute approximate surface area is 203 Å². The summed E-state index contributed by atoms with van der Waals surface area (Å²) >= 11 is 1.97. The standard InChI is InChI=1S/C27H41NO4S/c1-8-27(9-2,19-10-11-20(17(3)14-19)25(32)28-16-24(30)31)23-15-18(4)21(33-23)12-13-22(29)26(5,6)7/h10-11,14,22-23,29H,8-9,12-13,15-16H2,1-7H3,(H,28,32)(H,30,31). The molecule has 2 rings (SSSR count). The van der Waals surface area contributed by atoms with Gasteiger partial charge in [0.15, 0.2) is 0 Å². The van der Waals surface area contributed by atoms with Gasteiger partial charge in [0.25, 0.3) is 5.91 Å². The number of hydrogen-bond acceptors (Lipinski definition) is 4. The summed E-state index contributed by atoms with van der Waals surface area (Å²) < 4.78 is 0. The molecule has 1 amide bonds. The summed E-state index contributed by atoms with van der Waals surface area (Å²) in [4.78, 5) is 24.6. The Bertz CT molecular complexity index is 896. The molecule has 184 valence electrons. The molecular weight excluding hydrogens is 434 g/mol. The topological polar surface area (TPSA) is 86.6 Å². The van der Waals surface area contributed by atoms with Gasteiger partial charge in [-0.15, -0.1) is 11.8 Å². The number of aliphatic hydroxyl groups is 1. The van der Waals surface area contributed by atoms with E-state index in [1.165, 1.54) is 16.0 Å². The lowest BCUT2D eigenvalue weighted by atomic mass is 9.71. The highest BCUT2D eigenvalue weighted by Crippen LogP contribution is 2.52. The first-order chi connectivity index (χ1) is 15.4. The van der Waals surface area contributed by atoms with E-state index in [0.29, 0.717) is 10.8 Å². The summed E-state index contributed by atoms with van der Waals surface area (Å²) in [5.74, 6) is -1.41. The van der Waals surface area contributed by atoms with E-state index in [9.17, 15) is 14.7 Å². The first-order valence-electron chi connectivity index (χ1n) is 12.0. The van der Waals surface area contributed by atoms with Gasteiger partial charge in [-0.05, 0) is 73.5 Å². The molecule has 2 atom stereocenters. The smallest absolute Gasteiger partial charge is 0.322 e. The molecule has 3 N–H and O–H groups in total. The fourth-order valence-corrected chi connectivity index (χ4v) is 6.66. The molecule has 1 aromatic carbocycles. The molecule has 1 aliphatic rings. The Hall–Kier alpha value is -1.79. The second-order valence-electron chi connectivity index (χ2n) is 10.4. The van der Waals surface area contributed by atoms with E-state index in [0.717, 1.165) is 37.7 Å². The van der Waals surface area contributed by atoms with Crippen molar-refractivity contribution in [2.24, 2.45) is 5.41 Å². The van der Waals surface area contributed by atoms with E-state index < -0.39 is 5.97 Å². The van der Waals surface area contributed by atoms with Crippen LogP contribution in [0.3, 0.4) is 0 Å². The molecule has 5 nitrogen and oxygen atoms in total. The molecule has 0 aliphatic carbocycles. The maximum absolute atomic E-state index is 12.4. The number of rotatable bonds is 10. The highest BCUT2D eigenvalue weighted by Gasteiger charge is 2.41. The number of aliphatic hydroxyl groups excluding tert-OH is 1. The van der Waals surface area contributed by atoms with Gasteiger partial charge in [-0.2, -0.15) is 0 Å². The fraction of sp³-hybridized carbons (Fsp3) is 0.630. The maximum Gasteiger partial charge on any atom is 0.322 e. The SMILES string of the molecule is CCC(CC)(c1ccc(C(=O)NCC(=O)O)c(C)c1)C1CC(C)=C(CCC(O)C(C)(C)C)S1. The number of allylic oxidation sites excluding steroid dienone is 2. The lowest BCUT2D eigenvalue weighted by Gasteiger charge is -2.39. The van der Waals surface area contributed by atoms with Gasteiger partial charge in [0.1, 0.15) is 6.54 Å². The molecule has 0 aromatic heterocycles. The predicted octanol–water partition coefficient (Wildman–Crippen LogP) is 5.83. The van der Waals surface area contributed by atoms with Crippen LogP contribution in [0.2, 0.25) is 0 Å². The summed E-state index contributed by atoms with van der Waals surface area (Å²) in [7, 11) is 0. The monoisotopic (exact) mass is 475 g/mol. The first-order valence-corrected chi connectivity index (χ1v) is 12.9. The summed E-state index contributed by atoms with van der Waals surface area (Å²) in [5.41, 5.74) is 3.93. The lowest BCUT2D eigenvalue weighted by Crippen LogP contribution is -2.36. The van der Waals surface area contributed by atoms with Crippen LogP contribution in [-0.2, 0) is 10.2 Å². The molecule has 0 saturated carbocycles. The van der Waals surface area contributed by atoms with Gasteiger partial charge >= 0.3 is 5.97 Å². The molecule has 6 heteroatoms. The number of aliphatic carboxylic acids is 1. The number of carboxylic acid groups (broad SMARTS) is 1. The van der Waals surface area contributed by atoms with Crippen LogP contribution in [-0.4, -0.2) is 40.0 Å². The van der Waals surface area contributed by atoms with Gasteiger partial charge in [-0.3, -0.25) is 9.59 Å². The molecule has 1 aromatic rings.